The summed E-state index contributed by atoms with van der Waals surface area (Å²) in [4.78, 5) is 19.3. The predicted molar refractivity (Wildman–Crippen MR) is 83.1 cm³/mol. The van der Waals surface area contributed by atoms with Crippen LogP contribution in [0.3, 0.4) is 0 Å². The highest BCUT2D eigenvalue weighted by atomic mass is 32.1. The monoisotopic (exact) mass is 291 g/mol. The molecule has 0 aliphatic heterocycles. The first-order valence-electron chi connectivity index (χ1n) is 7.44. The summed E-state index contributed by atoms with van der Waals surface area (Å²) in [5.41, 5.74) is 0.785. The Bertz CT molecular complexity index is 627. The van der Waals surface area contributed by atoms with Crippen LogP contribution < -0.4 is 10.9 Å². The zero-order valence-corrected chi connectivity index (χ0v) is 12.6. The van der Waals surface area contributed by atoms with Gasteiger partial charge in [-0.3, -0.25) is 4.79 Å². The average molecular weight is 291 g/mol. The molecule has 2 heterocycles. The number of fused-ring (bicyclic) bond motifs is 1. The van der Waals surface area contributed by atoms with Gasteiger partial charge in [0, 0.05) is 6.04 Å². The van der Waals surface area contributed by atoms with Crippen molar-refractivity contribution in [2.24, 2.45) is 5.92 Å². The molecule has 1 fully saturated rings. The van der Waals surface area contributed by atoms with Gasteiger partial charge in [-0.05, 0) is 37.1 Å². The van der Waals surface area contributed by atoms with Crippen LogP contribution in [0, 0.1) is 5.92 Å². The lowest BCUT2D eigenvalue weighted by molar-refractivity contribution is 0.279. The summed E-state index contributed by atoms with van der Waals surface area (Å²) in [5.74, 6) is 1.50. The molecule has 5 heteroatoms. The lowest BCUT2D eigenvalue weighted by Gasteiger charge is -2.28. The quantitative estimate of drug-likeness (QED) is 0.910. The van der Waals surface area contributed by atoms with Gasteiger partial charge in [0.1, 0.15) is 10.5 Å². The summed E-state index contributed by atoms with van der Waals surface area (Å²) in [6.45, 7) is 2.88. The van der Waals surface area contributed by atoms with Gasteiger partial charge in [-0.1, -0.05) is 19.3 Å². The third-order valence-electron chi connectivity index (χ3n) is 4.31. The molecule has 20 heavy (non-hydrogen) atoms. The van der Waals surface area contributed by atoms with Crippen molar-refractivity contribution in [2.75, 3.05) is 0 Å². The molecule has 2 aromatic heterocycles. The first-order chi connectivity index (χ1) is 9.74. The van der Waals surface area contributed by atoms with Crippen LogP contribution >= 0.6 is 11.3 Å². The fourth-order valence-corrected chi connectivity index (χ4v) is 3.79. The van der Waals surface area contributed by atoms with Gasteiger partial charge in [0.05, 0.1) is 12.1 Å². The Morgan fingerprint density at radius 1 is 1.45 bits per heavy atom. The number of hydrogen-bond acceptors (Lipinski definition) is 4. The molecule has 1 saturated carbocycles. The van der Waals surface area contributed by atoms with Gasteiger partial charge in [0.15, 0.2) is 0 Å². The molecule has 1 atom stereocenters. The molecule has 0 amide bonds. The van der Waals surface area contributed by atoms with E-state index in [-0.39, 0.29) is 5.56 Å². The molecule has 0 spiro atoms. The van der Waals surface area contributed by atoms with E-state index in [1.54, 1.807) is 0 Å². The molecule has 1 aliphatic carbocycles. The van der Waals surface area contributed by atoms with Crippen LogP contribution in [-0.4, -0.2) is 16.0 Å². The van der Waals surface area contributed by atoms with E-state index in [0.717, 1.165) is 17.3 Å². The largest absolute Gasteiger partial charge is 0.308 e. The Morgan fingerprint density at radius 3 is 3.05 bits per heavy atom. The van der Waals surface area contributed by atoms with Crippen molar-refractivity contribution < 1.29 is 0 Å². The van der Waals surface area contributed by atoms with E-state index in [1.807, 2.05) is 11.4 Å². The molecule has 2 N–H and O–H groups in total. The SMILES string of the molecule is C[C@@H](NCc1nc2ccsc2c(=O)[nH]1)C1CCCCC1. The summed E-state index contributed by atoms with van der Waals surface area (Å²) in [5, 5.41) is 5.43. The first kappa shape index (κ1) is 13.8. The van der Waals surface area contributed by atoms with Gasteiger partial charge < -0.3 is 10.3 Å². The maximum absolute atomic E-state index is 11.9. The fraction of sp³-hybridized carbons (Fsp3) is 0.600. The van der Waals surface area contributed by atoms with Gasteiger partial charge >= 0.3 is 0 Å². The van der Waals surface area contributed by atoms with Gasteiger partial charge in [0.2, 0.25) is 0 Å². The maximum Gasteiger partial charge on any atom is 0.268 e. The number of aromatic nitrogens is 2. The summed E-state index contributed by atoms with van der Waals surface area (Å²) < 4.78 is 0.717. The molecule has 108 valence electrons. The highest BCUT2D eigenvalue weighted by Gasteiger charge is 2.19. The Labute approximate surface area is 122 Å². The highest BCUT2D eigenvalue weighted by Crippen LogP contribution is 2.26. The van der Waals surface area contributed by atoms with Crippen molar-refractivity contribution in [1.29, 1.82) is 0 Å². The topological polar surface area (TPSA) is 57.8 Å². The smallest absolute Gasteiger partial charge is 0.268 e. The molecule has 0 aromatic carbocycles. The van der Waals surface area contributed by atoms with Crippen LogP contribution in [0.2, 0.25) is 0 Å². The van der Waals surface area contributed by atoms with E-state index in [9.17, 15) is 4.79 Å². The van der Waals surface area contributed by atoms with Gasteiger partial charge in [0.25, 0.3) is 5.56 Å². The summed E-state index contributed by atoms with van der Waals surface area (Å²) in [6, 6.07) is 2.39. The number of hydrogen-bond donors (Lipinski definition) is 2. The Morgan fingerprint density at radius 2 is 2.25 bits per heavy atom. The van der Waals surface area contributed by atoms with Crippen molar-refractivity contribution in [3.63, 3.8) is 0 Å². The second-order valence-corrected chi connectivity index (χ2v) is 6.63. The van der Waals surface area contributed by atoms with Crippen LogP contribution in [0.1, 0.15) is 44.9 Å². The lowest BCUT2D eigenvalue weighted by atomic mass is 9.84. The fourth-order valence-electron chi connectivity index (χ4n) is 3.06. The average Bonchev–Trinajstić information content (AvgIpc) is 2.94. The van der Waals surface area contributed by atoms with Crippen molar-refractivity contribution in [3.05, 3.63) is 27.6 Å². The third kappa shape index (κ3) is 2.94. The molecule has 0 saturated heterocycles. The molecule has 2 aromatic rings. The molecular formula is C15H21N3OS. The Hall–Kier alpha value is -1.20. The number of nitrogens with one attached hydrogen (secondary N) is 2. The van der Waals surface area contributed by atoms with Crippen LogP contribution in [0.15, 0.2) is 16.2 Å². The second kappa shape index (κ2) is 6.06. The molecule has 0 radical (unpaired) electrons. The molecule has 0 bridgehead atoms. The van der Waals surface area contributed by atoms with Gasteiger partial charge in [-0.15, -0.1) is 11.3 Å². The number of aromatic amines is 1. The van der Waals surface area contributed by atoms with Crippen LogP contribution in [0.25, 0.3) is 10.2 Å². The number of rotatable bonds is 4. The summed E-state index contributed by atoms with van der Waals surface area (Å²) in [6.07, 6.45) is 6.73. The van der Waals surface area contributed by atoms with E-state index in [4.69, 9.17) is 0 Å². The van der Waals surface area contributed by atoms with Crippen molar-refractivity contribution in [3.8, 4) is 0 Å². The number of thiophene rings is 1. The Kier molecular flexibility index (Phi) is 4.17. The molecule has 1 aliphatic rings. The zero-order chi connectivity index (χ0) is 13.9. The van der Waals surface area contributed by atoms with Crippen molar-refractivity contribution >= 4 is 21.6 Å². The Balaban J connectivity index is 1.65. The second-order valence-electron chi connectivity index (χ2n) is 5.72. The standard InChI is InChI=1S/C15H21N3OS/c1-10(11-5-3-2-4-6-11)16-9-13-17-12-7-8-20-14(12)15(19)18-13/h7-8,10-11,16H,2-6,9H2,1H3,(H,17,18,19)/t10-/m1/s1. The van der Waals surface area contributed by atoms with E-state index in [1.165, 1.54) is 43.4 Å². The van der Waals surface area contributed by atoms with Crippen LogP contribution in [0.5, 0.6) is 0 Å². The number of H-pyrrole nitrogens is 1. The van der Waals surface area contributed by atoms with Crippen LogP contribution in [-0.2, 0) is 6.54 Å². The third-order valence-corrected chi connectivity index (χ3v) is 5.21. The van der Waals surface area contributed by atoms with E-state index >= 15 is 0 Å². The summed E-state index contributed by atoms with van der Waals surface area (Å²) >= 11 is 1.44. The van der Waals surface area contributed by atoms with Gasteiger partial charge in [-0.25, -0.2) is 4.98 Å². The van der Waals surface area contributed by atoms with E-state index in [0.29, 0.717) is 17.3 Å². The van der Waals surface area contributed by atoms with Crippen molar-refractivity contribution in [1.82, 2.24) is 15.3 Å². The minimum atomic E-state index is -0.0212. The van der Waals surface area contributed by atoms with Crippen molar-refractivity contribution in [2.45, 2.75) is 51.6 Å². The predicted octanol–water partition coefficient (Wildman–Crippen LogP) is 3.04. The summed E-state index contributed by atoms with van der Waals surface area (Å²) in [7, 11) is 0. The maximum atomic E-state index is 11.9. The van der Waals surface area contributed by atoms with Crippen LogP contribution in [0.4, 0.5) is 0 Å². The minimum Gasteiger partial charge on any atom is -0.308 e. The lowest BCUT2D eigenvalue weighted by Crippen LogP contribution is -2.35. The molecule has 3 rings (SSSR count). The van der Waals surface area contributed by atoms with E-state index in [2.05, 4.69) is 22.2 Å². The minimum absolute atomic E-state index is 0.0212. The first-order valence-corrected chi connectivity index (χ1v) is 8.32. The number of nitrogens with zero attached hydrogens (tertiary/aromatic N) is 1. The molecule has 4 nitrogen and oxygen atoms in total. The normalized spacial score (nSPS) is 18.4. The highest BCUT2D eigenvalue weighted by molar-refractivity contribution is 7.17. The van der Waals surface area contributed by atoms with E-state index < -0.39 is 0 Å². The van der Waals surface area contributed by atoms with Gasteiger partial charge in [-0.2, -0.15) is 0 Å². The molecular weight excluding hydrogens is 270 g/mol. The zero-order valence-electron chi connectivity index (χ0n) is 11.8. The molecule has 0 unspecified atom stereocenters.